The van der Waals surface area contributed by atoms with Crippen LogP contribution in [0.2, 0.25) is 0 Å². The molecule has 1 amide bonds. The zero-order valence-corrected chi connectivity index (χ0v) is 11.1. The van der Waals surface area contributed by atoms with Crippen molar-refractivity contribution in [2.24, 2.45) is 0 Å². The van der Waals surface area contributed by atoms with Gasteiger partial charge in [0.2, 0.25) is 5.91 Å². The number of aromatic nitrogens is 1. The van der Waals surface area contributed by atoms with Gasteiger partial charge in [0.1, 0.15) is 11.6 Å². The maximum absolute atomic E-state index is 11.6. The van der Waals surface area contributed by atoms with Gasteiger partial charge in [-0.25, -0.2) is 4.98 Å². The number of alkyl halides is 1. The molecule has 0 saturated carbocycles. The van der Waals surface area contributed by atoms with Crippen LogP contribution in [0.25, 0.3) is 0 Å². The average Bonchev–Trinajstić information content (AvgIpc) is 2.30. The van der Waals surface area contributed by atoms with Crippen molar-refractivity contribution < 1.29 is 9.90 Å². The van der Waals surface area contributed by atoms with E-state index in [0.717, 1.165) is 11.1 Å². The molecule has 0 aliphatic heterocycles. The molecule has 0 unspecified atom stereocenters. The van der Waals surface area contributed by atoms with E-state index in [9.17, 15) is 9.90 Å². The minimum Gasteiger partial charge on any atom is -0.506 e. The van der Waals surface area contributed by atoms with E-state index in [1.165, 1.54) is 0 Å². The van der Waals surface area contributed by atoms with Crippen LogP contribution in [-0.2, 0) is 4.79 Å². The highest BCUT2D eigenvalue weighted by Gasteiger charge is 2.12. The summed E-state index contributed by atoms with van der Waals surface area (Å²) in [5.41, 5.74) is 2.04. The molecule has 1 rings (SSSR count). The van der Waals surface area contributed by atoms with Crippen LogP contribution in [0.4, 0.5) is 5.82 Å². The Morgan fingerprint density at radius 3 is 2.59 bits per heavy atom. The van der Waals surface area contributed by atoms with Gasteiger partial charge in [-0.2, -0.15) is 0 Å². The molecule has 2 N–H and O–H groups in total. The summed E-state index contributed by atoms with van der Waals surface area (Å²) >= 11 is 5.52. The first-order chi connectivity index (χ1) is 7.97. The molecule has 1 aromatic rings. The fraction of sp³-hybridized carbons (Fsp3) is 0.500. The number of carbonyl (C=O) groups is 1. The lowest BCUT2D eigenvalue weighted by Crippen LogP contribution is -2.14. The molecule has 0 fully saturated rings. The molecule has 0 saturated heterocycles. The number of rotatable bonds is 4. The van der Waals surface area contributed by atoms with E-state index in [1.807, 2.05) is 6.92 Å². The summed E-state index contributed by atoms with van der Waals surface area (Å²) in [5, 5.41) is 12.4. The fourth-order valence-electron chi connectivity index (χ4n) is 1.47. The predicted molar refractivity (Wildman–Crippen MR) is 68.7 cm³/mol. The molecule has 0 spiro atoms. The van der Waals surface area contributed by atoms with Crippen molar-refractivity contribution in [2.45, 2.75) is 33.6 Å². The number of anilines is 1. The van der Waals surface area contributed by atoms with Gasteiger partial charge in [0.25, 0.3) is 0 Å². The number of carbonyl (C=O) groups excluding carboxylic acids is 1. The van der Waals surface area contributed by atoms with E-state index >= 15 is 0 Å². The lowest BCUT2D eigenvalue weighted by Gasteiger charge is -2.12. The van der Waals surface area contributed by atoms with Crippen molar-refractivity contribution >= 4 is 23.3 Å². The third kappa shape index (κ3) is 3.33. The van der Waals surface area contributed by atoms with E-state index in [-0.39, 0.29) is 11.7 Å². The van der Waals surface area contributed by atoms with Crippen LogP contribution in [-0.4, -0.2) is 21.9 Å². The third-order valence-corrected chi connectivity index (χ3v) is 2.96. The molecular formula is C12H17ClN2O2. The highest BCUT2D eigenvalue weighted by atomic mass is 35.5. The molecule has 0 atom stereocenters. The normalized spacial score (nSPS) is 10.4. The highest BCUT2D eigenvalue weighted by Crippen LogP contribution is 2.27. The van der Waals surface area contributed by atoms with Crippen molar-refractivity contribution in [3.05, 3.63) is 16.8 Å². The molecule has 1 heterocycles. The molecule has 17 heavy (non-hydrogen) atoms. The van der Waals surface area contributed by atoms with Crippen LogP contribution < -0.4 is 5.32 Å². The van der Waals surface area contributed by atoms with Gasteiger partial charge in [-0.1, -0.05) is 0 Å². The number of halogens is 1. The van der Waals surface area contributed by atoms with Crippen LogP contribution in [0.5, 0.6) is 5.75 Å². The van der Waals surface area contributed by atoms with Crippen molar-refractivity contribution in [2.75, 3.05) is 11.2 Å². The van der Waals surface area contributed by atoms with Crippen molar-refractivity contribution in [1.82, 2.24) is 4.98 Å². The lowest BCUT2D eigenvalue weighted by atomic mass is 10.1. The van der Waals surface area contributed by atoms with Crippen LogP contribution >= 0.6 is 11.6 Å². The first-order valence-electron chi connectivity index (χ1n) is 5.50. The van der Waals surface area contributed by atoms with E-state index in [1.54, 1.807) is 13.8 Å². The lowest BCUT2D eigenvalue weighted by molar-refractivity contribution is -0.116. The van der Waals surface area contributed by atoms with Crippen molar-refractivity contribution in [3.63, 3.8) is 0 Å². The fourth-order valence-corrected chi connectivity index (χ4v) is 1.61. The number of pyridine rings is 1. The van der Waals surface area contributed by atoms with Gasteiger partial charge < -0.3 is 10.4 Å². The van der Waals surface area contributed by atoms with E-state index in [2.05, 4.69) is 10.3 Å². The van der Waals surface area contributed by atoms with Crippen LogP contribution in [0.1, 0.15) is 29.7 Å². The Labute approximate surface area is 106 Å². The summed E-state index contributed by atoms with van der Waals surface area (Å²) in [6, 6.07) is 0. The molecule has 0 radical (unpaired) electrons. The summed E-state index contributed by atoms with van der Waals surface area (Å²) < 4.78 is 0. The first-order valence-corrected chi connectivity index (χ1v) is 6.03. The second kappa shape index (κ2) is 5.87. The monoisotopic (exact) mass is 256 g/mol. The molecule has 0 aliphatic rings. The molecule has 0 aliphatic carbocycles. The third-order valence-electron chi connectivity index (χ3n) is 2.69. The van der Waals surface area contributed by atoms with Crippen molar-refractivity contribution in [3.8, 4) is 5.75 Å². The van der Waals surface area contributed by atoms with Gasteiger partial charge in [0.05, 0.1) is 5.69 Å². The number of hydrogen-bond donors (Lipinski definition) is 2. The molecule has 4 nitrogen and oxygen atoms in total. The molecule has 1 aromatic heterocycles. The maximum atomic E-state index is 11.6. The van der Waals surface area contributed by atoms with Gasteiger partial charge >= 0.3 is 0 Å². The predicted octanol–water partition coefficient (Wildman–Crippen LogP) is 2.67. The van der Waals surface area contributed by atoms with Crippen molar-refractivity contribution in [1.29, 1.82) is 0 Å². The number of aromatic hydroxyl groups is 1. The minimum atomic E-state index is -0.106. The SMILES string of the molecule is Cc1nc(NC(=O)CCCCl)c(C)c(C)c1O. The van der Waals surface area contributed by atoms with Gasteiger partial charge in [-0.3, -0.25) is 4.79 Å². The average molecular weight is 257 g/mol. The molecule has 0 aromatic carbocycles. The number of amides is 1. The first kappa shape index (κ1) is 13.8. The Morgan fingerprint density at radius 1 is 1.35 bits per heavy atom. The van der Waals surface area contributed by atoms with Crippen LogP contribution in [0.15, 0.2) is 0 Å². The number of aryl methyl sites for hydroxylation is 1. The topological polar surface area (TPSA) is 62.2 Å². The quantitative estimate of drug-likeness (QED) is 0.814. The van der Waals surface area contributed by atoms with E-state index in [0.29, 0.717) is 30.2 Å². The van der Waals surface area contributed by atoms with E-state index in [4.69, 9.17) is 11.6 Å². The zero-order valence-electron chi connectivity index (χ0n) is 10.3. The summed E-state index contributed by atoms with van der Waals surface area (Å²) in [6.45, 7) is 5.32. The summed E-state index contributed by atoms with van der Waals surface area (Å²) in [5.74, 6) is 1.05. The standard InChI is InChI=1S/C12H17ClN2O2/c1-7-8(2)12(14-9(3)11(7)17)15-10(16)5-4-6-13/h17H,4-6H2,1-3H3,(H,14,15,16). The van der Waals surface area contributed by atoms with E-state index < -0.39 is 0 Å². The van der Waals surface area contributed by atoms with Gasteiger partial charge in [-0.05, 0) is 38.3 Å². The van der Waals surface area contributed by atoms with Gasteiger partial charge in [0, 0.05) is 12.3 Å². The summed E-state index contributed by atoms with van der Waals surface area (Å²) in [4.78, 5) is 15.7. The summed E-state index contributed by atoms with van der Waals surface area (Å²) in [6.07, 6.45) is 1.02. The minimum absolute atomic E-state index is 0.106. The number of nitrogens with one attached hydrogen (secondary N) is 1. The summed E-state index contributed by atoms with van der Waals surface area (Å²) in [7, 11) is 0. The Hall–Kier alpha value is -1.29. The number of hydrogen-bond acceptors (Lipinski definition) is 3. The molecule has 94 valence electrons. The highest BCUT2D eigenvalue weighted by molar-refractivity contribution is 6.18. The maximum Gasteiger partial charge on any atom is 0.225 e. The zero-order chi connectivity index (χ0) is 13.0. The Kier molecular flexibility index (Phi) is 4.75. The Bertz CT molecular complexity index is 433. The Balaban J connectivity index is 2.89. The molecular weight excluding hydrogens is 240 g/mol. The molecule has 5 heteroatoms. The second-order valence-corrected chi connectivity index (χ2v) is 4.36. The largest absolute Gasteiger partial charge is 0.506 e. The smallest absolute Gasteiger partial charge is 0.225 e. The van der Waals surface area contributed by atoms with Crippen LogP contribution in [0, 0.1) is 20.8 Å². The number of nitrogens with zero attached hydrogens (tertiary/aromatic N) is 1. The van der Waals surface area contributed by atoms with Gasteiger partial charge in [0.15, 0.2) is 0 Å². The molecule has 0 bridgehead atoms. The van der Waals surface area contributed by atoms with Gasteiger partial charge in [-0.15, -0.1) is 11.6 Å². The second-order valence-electron chi connectivity index (χ2n) is 3.99. The van der Waals surface area contributed by atoms with Crippen LogP contribution in [0.3, 0.4) is 0 Å². The Morgan fingerprint density at radius 2 is 2.00 bits per heavy atom.